The van der Waals surface area contributed by atoms with Gasteiger partial charge in [-0.2, -0.15) is 0 Å². The van der Waals surface area contributed by atoms with Gasteiger partial charge in [-0.05, 0) is 47.9 Å². The minimum Gasteiger partial charge on any atom is -0.489 e. The van der Waals surface area contributed by atoms with Gasteiger partial charge >= 0.3 is 0 Å². The zero-order valence-electron chi connectivity index (χ0n) is 19.0. The molecule has 0 N–H and O–H groups in total. The molecule has 2 aromatic heterocycles. The van der Waals surface area contributed by atoms with E-state index in [1.165, 1.54) is 6.20 Å². The Morgan fingerprint density at radius 3 is 2.82 bits per heavy atom. The average molecular weight is 476 g/mol. The van der Waals surface area contributed by atoms with E-state index >= 15 is 0 Å². The van der Waals surface area contributed by atoms with Crippen molar-refractivity contribution in [3.05, 3.63) is 94.9 Å². The summed E-state index contributed by atoms with van der Waals surface area (Å²) in [5, 5.41) is 1.50. The van der Waals surface area contributed by atoms with Gasteiger partial charge in [0.15, 0.2) is 0 Å². The molecule has 0 radical (unpaired) electrons. The van der Waals surface area contributed by atoms with Gasteiger partial charge in [0, 0.05) is 36.9 Å². The molecule has 1 fully saturated rings. The van der Waals surface area contributed by atoms with E-state index in [1.807, 2.05) is 36.2 Å². The maximum atomic E-state index is 13.2. The highest BCUT2D eigenvalue weighted by molar-refractivity contribution is 6.29. The second-order valence-electron chi connectivity index (χ2n) is 8.52. The molecule has 2 aromatic carbocycles. The van der Waals surface area contributed by atoms with E-state index in [9.17, 15) is 4.79 Å². The van der Waals surface area contributed by atoms with Crippen molar-refractivity contribution in [2.75, 3.05) is 19.8 Å². The number of fused-ring (bicyclic) bond motifs is 1. The number of nitrogens with zero attached hydrogens (tertiary/aromatic N) is 3. The number of amides is 1. The van der Waals surface area contributed by atoms with Crippen molar-refractivity contribution >= 4 is 28.4 Å². The summed E-state index contributed by atoms with van der Waals surface area (Å²) in [6, 6.07) is 19.6. The maximum absolute atomic E-state index is 13.2. The Morgan fingerprint density at radius 1 is 1.18 bits per heavy atom. The predicted octanol–water partition coefficient (Wildman–Crippen LogP) is 4.89. The van der Waals surface area contributed by atoms with Crippen molar-refractivity contribution in [2.45, 2.75) is 19.1 Å². The Morgan fingerprint density at radius 2 is 2.03 bits per heavy atom. The lowest BCUT2D eigenvalue weighted by Gasteiger charge is -2.35. The van der Waals surface area contributed by atoms with Gasteiger partial charge in [0.1, 0.15) is 17.5 Å². The third-order valence-electron chi connectivity index (χ3n) is 6.21. The Balaban J connectivity index is 1.38. The van der Waals surface area contributed by atoms with Crippen LogP contribution >= 0.6 is 11.6 Å². The number of carbonyl (C=O) groups excluding carboxylic acids is 1. The minimum atomic E-state index is -0.0728. The van der Waals surface area contributed by atoms with Gasteiger partial charge in [0.05, 0.1) is 24.8 Å². The molecule has 6 nitrogen and oxygen atoms in total. The lowest BCUT2D eigenvalue weighted by atomic mass is 10.0. The number of benzene rings is 2. The van der Waals surface area contributed by atoms with Crippen LogP contribution in [0.1, 0.15) is 21.5 Å². The highest BCUT2D eigenvalue weighted by Crippen LogP contribution is 2.28. The molecule has 7 heteroatoms. The summed E-state index contributed by atoms with van der Waals surface area (Å²) in [5.41, 5.74) is 3.94. The lowest BCUT2D eigenvalue weighted by Crippen LogP contribution is -2.49. The summed E-state index contributed by atoms with van der Waals surface area (Å²) in [5.74, 6) is 0.772. The number of ether oxygens (including phenoxy) is 2. The molecule has 0 saturated carbocycles. The molecule has 0 unspecified atom stereocenters. The van der Waals surface area contributed by atoms with Crippen LogP contribution in [0.3, 0.4) is 0 Å². The number of morpholine rings is 1. The van der Waals surface area contributed by atoms with E-state index in [1.54, 1.807) is 12.1 Å². The van der Waals surface area contributed by atoms with Crippen molar-refractivity contribution < 1.29 is 14.3 Å². The molecule has 1 amide bonds. The number of rotatable bonds is 6. The minimum absolute atomic E-state index is 0.0513. The first-order valence-corrected chi connectivity index (χ1v) is 11.7. The molecular formula is C27H26ClN3O3. The van der Waals surface area contributed by atoms with Crippen LogP contribution in [0.15, 0.2) is 73.1 Å². The smallest absolute Gasteiger partial charge is 0.255 e. The molecule has 34 heavy (non-hydrogen) atoms. The van der Waals surface area contributed by atoms with Gasteiger partial charge in [-0.1, -0.05) is 41.9 Å². The van der Waals surface area contributed by atoms with Crippen LogP contribution < -0.4 is 4.74 Å². The van der Waals surface area contributed by atoms with Crippen LogP contribution in [0.5, 0.6) is 5.75 Å². The Kier molecular flexibility index (Phi) is 6.52. The summed E-state index contributed by atoms with van der Waals surface area (Å²) in [7, 11) is 2.04. The van der Waals surface area contributed by atoms with E-state index < -0.39 is 0 Å². The molecule has 1 atom stereocenters. The van der Waals surface area contributed by atoms with Crippen molar-refractivity contribution in [3.8, 4) is 5.75 Å². The van der Waals surface area contributed by atoms with Crippen LogP contribution in [0.4, 0.5) is 0 Å². The van der Waals surface area contributed by atoms with Crippen LogP contribution in [0.2, 0.25) is 5.15 Å². The molecule has 0 aliphatic carbocycles. The summed E-state index contributed by atoms with van der Waals surface area (Å²) in [6.45, 7) is 2.08. The molecule has 1 saturated heterocycles. The summed E-state index contributed by atoms with van der Waals surface area (Å²) in [6.07, 6.45) is 4.35. The molecular weight excluding hydrogens is 450 g/mol. The fraction of sp³-hybridized carbons (Fsp3) is 0.259. The molecule has 3 heterocycles. The third kappa shape index (κ3) is 4.79. The highest BCUT2D eigenvalue weighted by Gasteiger charge is 2.29. The lowest BCUT2D eigenvalue weighted by molar-refractivity contribution is -0.00158. The monoisotopic (exact) mass is 475 g/mol. The van der Waals surface area contributed by atoms with Crippen molar-refractivity contribution in [2.24, 2.45) is 7.05 Å². The van der Waals surface area contributed by atoms with Crippen molar-refractivity contribution in [3.63, 3.8) is 0 Å². The molecule has 1 aliphatic heterocycles. The molecule has 0 spiro atoms. The van der Waals surface area contributed by atoms with E-state index in [0.717, 1.165) is 27.8 Å². The zero-order valence-corrected chi connectivity index (χ0v) is 19.7. The number of aromatic nitrogens is 2. The fourth-order valence-electron chi connectivity index (χ4n) is 4.46. The number of pyridine rings is 1. The third-order valence-corrected chi connectivity index (χ3v) is 6.43. The summed E-state index contributed by atoms with van der Waals surface area (Å²) in [4.78, 5) is 19.2. The topological polar surface area (TPSA) is 56.6 Å². The van der Waals surface area contributed by atoms with Crippen LogP contribution in [0.25, 0.3) is 10.9 Å². The first kappa shape index (κ1) is 22.4. The molecule has 4 aromatic rings. The Bertz CT molecular complexity index is 1290. The summed E-state index contributed by atoms with van der Waals surface area (Å²) >= 11 is 5.90. The van der Waals surface area contributed by atoms with Gasteiger partial charge in [0.25, 0.3) is 5.91 Å². The molecule has 174 valence electrons. The fourth-order valence-corrected chi connectivity index (χ4v) is 4.57. The van der Waals surface area contributed by atoms with Gasteiger partial charge in [-0.3, -0.25) is 4.79 Å². The molecule has 1 aliphatic rings. The number of carbonyl (C=O) groups is 1. The second kappa shape index (κ2) is 9.87. The average Bonchev–Trinajstić information content (AvgIpc) is 3.18. The maximum Gasteiger partial charge on any atom is 0.255 e. The van der Waals surface area contributed by atoms with E-state index in [4.69, 9.17) is 21.1 Å². The van der Waals surface area contributed by atoms with Crippen LogP contribution in [-0.2, 0) is 24.8 Å². The van der Waals surface area contributed by atoms with Crippen molar-refractivity contribution in [1.29, 1.82) is 0 Å². The Labute approximate surface area is 203 Å². The highest BCUT2D eigenvalue weighted by atomic mass is 35.5. The van der Waals surface area contributed by atoms with Crippen molar-refractivity contribution in [1.82, 2.24) is 14.5 Å². The molecule has 5 rings (SSSR count). The number of hydrogen-bond acceptors (Lipinski definition) is 4. The normalized spacial score (nSPS) is 16.1. The van der Waals surface area contributed by atoms with E-state index in [0.29, 0.717) is 43.5 Å². The molecule has 0 bridgehead atoms. The van der Waals surface area contributed by atoms with Gasteiger partial charge < -0.3 is 18.9 Å². The SMILES string of the molecule is Cn1cc(C[C@H]2COCCN2C(=O)c2ccc(Cl)nc2)c2cc(OCc3ccccc3)ccc21. The summed E-state index contributed by atoms with van der Waals surface area (Å²) < 4.78 is 13.9. The number of halogens is 1. The predicted molar refractivity (Wildman–Crippen MR) is 132 cm³/mol. The first-order chi connectivity index (χ1) is 16.6. The zero-order chi connectivity index (χ0) is 23.5. The van der Waals surface area contributed by atoms with Gasteiger partial charge in [0.2, 0.25) is 0 Å². The van der Waals surface area contributed by atoms with E-state index in [2.05, 4.69) is 40.0 Å². The number of aryl methyl sites for hydroxylation is 1. The largest absolute Gasteiger partial charge is 0.489 e. The first-order valence-electron chi connectivity index (χ1n) is 11.3. The van der Waals surface area contributed by atoms with E-state index in [-0.39, 0.29) is 11.9 Å². The quantitative estimate of drug-likeness (QED) is 0.372. The van der Waals surface area contributed by atoms with Crippen LogP contribution in [0, 0.1) is 0 Å². The standard InChI is InChI=1S/C27H26ClN3O3/c1-30-16-21(24-14-23(8-9-25(24)30)34-17-19-5-3-2-4-6-19)13-22-18-33-12-11-31(22)27(32)20-7-10-26(28)29-15-20/h2-10,14-16,22H,11-13,17-18H2,1H3/t22-/m0/s1. The number of hydrogen-bond donors (Lipinski definition) is 0. The van der Waals surface area contributed by atoms with Crippen LogP contribution in [-0.4, -0.2) is 46.2 Å². The van der Waals surface area contributed by atoms with Gasteiger partial charge in [-0.25, -0.2) is 4.98 Å². The second-order valence-corrected chi connectivity index (χ2v) is 8.91. The Hall–Kier alpha value is -3.35. The van der Waals surface area contributed by atoms with Gasteiger partial charge in [-0.15, -0.1) is 0 Å².